The van der Waals surface area contributed by atoms with Crippen molar-refractivity contribution in [3.63, 3.8) is 0 Å². The van der Waals surface area contributed by atoms with E-state index in [1.807, 2.05) is 52.7 Å². The standard InChI is InChI=1S/C23H21NO5S/c25-18-10-17-16(9-23(28)29-21(17)11-19(18)26)13-24(12-15-5-2-1-3-6-15)14-20(27)22-7-4-8-30-22/h1-11,20,25-27H,12-14H2/t20-/m1/s1. The molecule has 7 heteroatoms. The smallest absolute Gasteiger partial charge is 0.336 e. The topological polar surface area (TPSA) is 94.1 Å². The first kappa shape index (κ1) is 20.2. The molecular formula is C23H21NO5S. The van der Waals surface area contributed by atoms with Crippen LogP contribution >= 0.6 is 11.3 Å². The minimum Gasteiger partial charge on any atom is -0.504 e. The van der Waals surface area contributed by atoms with Crippen molar-refractivity contribution in [1.29, 1.82) is 0 Å². The number of thiophene rings is 1. The van der Waals surface area contributed by atoms with Crippen LogP contribution in [-0.4, -0.2) is 26.8 Å². The number of benzene rings is 2. The number of aliphatic hydroxyl groups excluding tert-OH is 1. The summed E-state index contributed by atoms with van der Waals surface area (Å²) in [4.78, 5) is 15.0. The van der Waals surface area contributed by atoms with E-state index in [0.29, 0.717) is 30.6 Å². The first-order valence-electron chi connectivity index (χ1n) is 9.46. The molecule has 0 amide bonds. The molecule has 0 saturated carbocycles. The van der Waals surface area contributed by atoms with E-state index in [0.717, 1.165) is 10.4 Å². The number of hydrogen-bond donors (Lipinski definition) is 3. The molecule has 154 valence electrons. The molecule has 0 bridgehead atoms. The maximum absolute atomic E-state index is 12.1. The molecule has 2 heterocycles. The van der Waals surface area contributed by atoms with E-state index in [2.05, 4.69) is 0 Å². The Kier molecular flexibility index (Phi) is 5.85. The van der Waals surface area contributed by atoms with Gasteiger partial charge in [0.15, 0.2) is 11.5 Å². The zero-order valence-corrected chi connectivity index (χ0v) is 16.9. The molecular weight excluding hydrogens is 402 g/mol. The SMILES string of the molecule is O=c1cc(CN(Cc2ccccc2)C[C@@H](O)c2cccs2)c2cc(O)c(O)cc2o1. The van der Waals surface area contributed by atoms with Crippen LogP contribution in [0, 0.1) is 0 Å². The fourth-order valence-corrected chi connectivity index (χ4v) is 4.17. The maximum atomic E-state index is 12.1. The third-order valence-electron chi connectivity index (χ3n) is 4.87. The molecule has 0 aliphatic carbocycles. The summed E-state index contributed by atoms with van der Waals surface area (Å²) in [6, 6.07) is 17.7. The van der Waals surface area contributed by atoms with Crippen molar-refractivity contribution in [2.24, 2.45) is 0 Å². The van der Waals surface area contributed by atoms with Gasteiger partial charge in [-0.1, -0.05) is 36.4 Å². The molecule has 0 aliphatic heterocycles. The minimum absolute atomic E-state index is 0.200. The van der Waals surface area contributed by atoms with E-state index in [-0.39, 0.29) is 17.1 Å². The Morgan fingerprint density at radius 3 is 2.47 bits per heavy atom. The Morgan fingerprint density at radius 1 is 0.967 bits per heavy atom. The van der Waals surface area contributed by atoms with Crippen molar-refractivity contribution in [2.75, 3.05) is 6.54 Å². The highest BCUT2D eigenvalue weighted by molar-refractivity contribution is 7.10. The van der Waals surface area contributed by atoms with Crippen molar-refractivity contribution in [1.82, 2.24) is 4.90 Å². The lowest BCUT2D eigenvalue weighted by Crippen LogP contribution is -2.28. The van der Waals surface area contributed by atoms with E-state index in [1.54, 1.807) is 0 Å². The van der Waals surface area contributed by atoms with Crippen LogP contribution in [0.3, 0.4) is 0 Å². The van der Waals surface area contributed by atoms with Gasteiger partial charge in [0.1, 0.15) is 11.7 Å². The molecule has 6 nitrogen and oxygen atoms in total. The summed E-state index contributed by atoms with van der Waals surface area (Å²) in [6.45, 7) is 1.28. The molecule has 4 rings (SSSR count). The van der Waals surface area contributed by atoms with Crippen LogP contribution in [0.25, 0.3) is 11.0 Å². The second-order valence-electron chi connectivity index (χ2n) is 7.11. The van der Waals surface area contributed by atoms with Gasteiger partial charge in [-0.15, -0.1) is 11.3 Å². The van der Waals surface area contributed by atoms with Crippen LogP contribution in [0.1, 0.15) is 22.1 Å². The van der Waals surface area contributed by atoms with Crippen LogP contribution in [0.4, 0.5) is 0 Å². The summed E-state index contributed by atoms with van der Waals surface area (Å²) in [5, 5.41) is 32.8. The van der Waals surface area contributed by atoms with Crippen LogP contribution in [-0.2, 0) is 13.1 Å². The van der Waals surface area contributed by atoms with Crippen LogP contribution in [0.15, 0.2) is 75.3 Å². The lowest BCUT2D eigenvalue weighted by atomic mass is 10.1. The Hall–Kier alpha value is -3.13. The molecule has 0 unspecified atom stereocenters. The monoisotopic (exact) mass is 423 g/mol. The van der Waals surface area contributed by atoms with Crippen molar-refractivity contribution in [3.05, 3.63) is 92.5 Å². The first-order valence-corrected chi connectivity index (χ1v) is 10.3. The number of rotatable bonds is 7. The fraction of sp³-hybridized carbons (Fsp3) is 0.174. The average Bonchev–Trinajstić information content (AvgIpc) is 3.25. The number of nitrogens with zero attached hydrogens (tertiary/aromatic N) is 1. The zero-order valence-electron chi connectivity index (χ0n) is 16.1. The maximum Gasteiger partial charge on any atom is 0.336 e. The largest absolute Gasteiger partial charge is 0.504 e. The van der Waals surface area contributed by atoms with Gasteiger partial charge in [0, 0.05) is 42.0 Å². The quantitative estimate of drug-likeness (QED) is 0.307. The van der Waals surface area contributed by atoms with E-state index in [1.165, 1.54) is 29.5 Å². The second kappa shape index (κ2) is 8.71. The molecule has 3 N–H and O–H groups in total. The van der Waals surface area contributed by atoms with Crippen LogP contribution in [0.2, 0.25) is 0 Å². The van der Waals surface area contributed by atoms with Gasteiger partial charge in [-0.05, 0) is 28.6 Å². The van der Waals surface area contributed by atoms with Gasteiger partial charge < -0.3 is 19.7 Å². The average molecular weight is 423 g/mol. The minimum atomic E-state index is -0.669. The summed E-state index contributed by atoms with van der Waals surface area (Å²) in [5.41, 5.74) is 1.38. The number of fused-ring (bicyclic) bond motifs is 1. The Labute approximate surface area is 176 Å². The van der Waals surface area contributed by atoms with Gasteiger partial charge >= 0.3 is 5.63 Å². The molecule has 0 aliphatic rings. The zero-order chi connectivity index (χ0) is 21.1. The van der Waals surface area contributed by atoms with Gasteiger partial charge in [-0.25, -0.2) is 4.79 Å². The molecule has 0 radical (unpaired) electrons. The van der Waals surface area contributed by atoms with E-state index in [9.17, 15) is 20.1 Å². The predicted molar refractivity (Wildman–Crippen MR) is 116 cm³/mol. The molecule has 1 atom stereocenters. The summed E-state index contributed by atoms with van der Waals surface area (Å²) < 4.78 is 5.19. The number of phenolic OH excluding ortho intramolecular Hbond substituents is 2. The number of hydrogen-bond acceptors (Lipinski definition) is 7. The number of aliphatic hydroxyl groups is 1. The van der Waals surface area contributed by atoms with Gasteiger partial charge in [0.2, 0.25) is 0 Å². The number of phenols is 2. The summed E-state index contributed by atoms with van der Waals surface area (Å²) in [7, 11) is 0. The Balaban J connectivity index is 1.68. The van der Waals surface area contributed by atoms with Crippen molar-refractivity contribution in [3.8, 4) is 11.5 Å². The second-order valence-corrected chi connectivity index (χ2v) is 8.09. The van der Waals surface area contributed by atoms with Gasteiger partial charge in [0.25, 0.3) is 0 Å². The number of aromatic hydroxyl groups is 2. The van der Waals surface area contributed by atoms with E-state index >= 15 is 0 Å². The molecule has 30 heavy (non-hydrogen) atoms. The van der Waals surface area contributed by atoms with E-state index < -0.39 is 11.7 Å². The molecule has 0 fully saturated rings. The highest BCUT2D eigenvalue weighted by atomic mass is 32.1. The Morgan fingerprint density at radius 2 is 1.73 bits per heavy atom. The highest BCUT2D eigenvalue weighted by Gasteiger charge is 2.18. The third-order valence-corrected chi connectivity index (χ3v) is 5.84. The normalized spacial score (nSPS) is 12.5. The predicted octanol–water partition coefficient (Wildman–Crippen LogP) is 4.00. The molecule has 4 aromatic rings. The summed E-state index contributed by atoms with van der Waals surface area (Å²) >= 11 is 1.49. The van der Waals surface area contributed by atoms with Gasteiger partial charge in [0.05, 0.1) is 0 Å². The summed E-state index contributed by atoms with van der Waals surface area (Å²) in [6.07, 6.45) is -0.669. The third kappa shape index (κ3) is 4.54. The molecule has 0 spiro atoms. The van der Waals surface area contributed by atoms with Crippen molar-refractivity contribution >= 4 is 22.3 Å². The van der Waals surface area contributed by atoms with Crippen LogP contribution < -0.4 is 5.63 Å². The lowest BCUT2D eigenvalue weighted by Gasteiger charge is -2.25. The fourth-order valence-electron chi connectivity index (χ4n) is 3.46. The van der Waals surface area contributed by atoms with E-state index in [4.69, 9.17) is 4.42 Å². The van der Waals surface area contributed by atoms with Crippen LogP contribution in [0.5, 0.6) is 11.5 Å². The lowest BCUT2D eigenvalue weighted by molar-refractivity contribution is 0.107. The molecule has 2 aromatic heterocycles. The summed E-state index contributed by atoms with van der Waals surface area (Å²) in [5.74, 6) is -0.636. The Bertz CT molecular complexity index is 1190. The molecule has 0 saturated heterocycles. The molecule has 2 aromatic carbocycles. The first-order chi connectivity index (χ1) is 14.5. The van der Waals surface area contributed by atoms with Gasteiger partial charge in [-0.2, -0.15) is 0 Å². The van der Waals surface area contributed by atoms with Gasteiger partial charge in [-0.3, -0.25) is 4.90 Å². The van der Waals surface area contributed by atoms with Crippen molar-refractivity contribution in [2.45, 2.75) is 19.2 Å². The van der Waals surface area contributed by atoms with Crippen molar-refractivity contribution < 1.29 is 19.7 Å². The highest BCUT2D eigenvalue weighted by Crippen LogP contribution is 2.32.